The highest BCUT2D eigenvalue weighted by Gasteiger charge is 2.38. The maximum absolute atomic E-state index is 13.3. The van der Waals surface area contributed by atoms with E-state index in [-0.39, 0.29) is 37.6 Å². The highest BCUT2D eigenvalue weighted by atomic mass is 16.5. The Labute approximate surface area is 166 Å². The van der Waals surface area contributed by atoms with Gasteiger partial charge in [0.05, 0.1) is 19.6 Å². The van der Waals surface area contributed by atoms with Gasteiger partial charge in [0.25, 0.3) is 0 Å². The zero-order valence-corrected chi connectivity index (χ0v) is 17.1. The maximum atomic E-state index is 13.3. The van der Waals surface area contributed by atoms with Crippen LogP contribution in [0.1, 0.15) is 45.2 Å². The van der Waals surface area contributed by atoms with Crippen LogP contribution in [0.25, 0.3) is 0 Å². The first-order valence-electron chi connectivity index (χ1n) is 9.85. The van der Waals surface area contributed by atoms with Crippen LogP contribution in [0.5, 0.6) is 0 Å². The zero-order valence-electron chi connectivity index (χ0n) is 17.1. The molecular weight excluding hydrogens is 360 g/mol. The molecule has 0 bridgehead atoms. The second-order valence-corrected chi connectivity index (χ2v) is 6.99. The quantitative estimate of drug-likeness (QED) is 0.669. The number of carbonyl (C=O) groups is 3. The molecule has 2 rings (SSSR count). The van der Waals surface area contributed by atoms with Gasteiger partial charge in [-0.25, -0.2) is 9.59 Å². The first-order chi connectivity index (χ1) is 13.4. The van der Waals surface area contributed by atoms with Crippen LogP contribution >= 0.6 is 0 Å². The molecule has 0 aliphatic carbocycles. The average molecular weight is 390 g/mol. The van der Waals surface area contributed by atoms with E-state index in [0.29, 0.717) is 19.6 Å². The maximum Gasteiger partial charge on any atom is 0.329 e. The molecule has 1 heterocycles. The zero-order chi connectivity index (χ0) is 20.7. The van der Waals surface area contributed by atoms with Gasteiger partial charge in [-0.15, -0.1) is 0 Å². The fourth-order valence-corrected chi connectivity index (χ4v) is 3.36. The summed E-state index contributed by atoms with van der Waals surface area (Å²) >= 11 is 0. The van der Waals surface area contributed by atoms with Crippen molar-refractivity contribution < 1.29 is 23.9 Å². The van der Waals surface area contributed by atoms with Crippen molar-refractivity contribution in [1.29, 1.82) is 0 Å². The van der Waals surface area contributed by atoms with Crippen LogP contribution < -0.4 is 0 Å². The Balaban J connectivity index is 2.24. The summed E-state index contributed by atoms with van der Waals surface area (Å²) in [6.45, 7) is 8.42. The lowest BCUT2D eigenvalue weighted by Crippen LogP contribution is -2.55. The van der Waals surface area contributed by atoms with Crippen molar-refractivity contribution in [3.05, 3.63) is 35.4 Å². The molecule has 1 unspecified atom stereocenters. The van der Waals surface area contributed by atoms with Gasteiger partial charge in [0.2, 0.25) is 0 Å². The van der Waals surface area contributed by atoms with Gasteiger partial charge in [-0.3, -0.25) is 4.79 Å². The largest absolute Gasteiger partial charge is 0.466 e. The number of ether oxygens (including phenoxy) is 2. The van der Waals surface area contributed by atoms with Crippen molar-refractivity contribution in [2.45, 2.75) is 59.2 Å². The molecule has 0 fully saturated rings. The van der Waals surface area contributed by atoms with Gasteiger partial charge < -0.3 is 19.3 Å². The molecule has 0 aromatic heterocycles. The Morgan fingerprint density at radius 1 is 1.11 bits per heavy atom. The molecule has 0 radical (unpaired) electrons. The summed E-state index contributed by atoms with van der Waals surface area (Å²) in [6, 6.07) is 6.73. The Morgan fingerprint density at radius 3 is 2.36 bits per heavy atom. The molecule has 0 saturated heterocycles. The van der Waals surface area contributed by atoms with Crippen molar-refractivity contribution in [2.75, 3.05) is 19.8 Å². The normalized spacial score (nSPS) is 15.8. The van der Waals surface area contributed by atoms with Crippen LogP contribution in [0.4, 0.5) is 4.79 Å². The molecule has 1 atom stereocenters. The molecule has 1 aromatic rings. The minimum Gasteiger partial charge on any atom is -0.466 e. The standard InChI is InChI=1S/C21H30N2O5/c1-5-27-19(24)11-12-22(15(3)4)21(26)23-14-17-10-8-7-9-16(17)13-18(23)20(25)28-6-2/h7-10,15,18H,5-6,11-14H2,1-4H3. The fraction of sp³-hybridized carbons (Fsp3) is 0.571. The van der Waals surface area contributed by atoms with Crippen LogP contribution in [-0.4, -0.2) is 59.6 Å². The first kappa shape index (κ1) is 21.7. The van der Waals surface area contributed by atoms with Gasteiger partial charge in [-0.2, -0.15) is 0 Å². The SMILES string of the molecule is CCOC(=O)CCN(C(=O)N1Cc2ccccc2CC1C(=O)OCC)C(C)C. The van der Waals surface area contributed by atoms with Gasteiger partial charge in [-0.1, -0.05) is 24.3 Å². The first-order valence-corrected chi connectivity index (χ1v) is 9.85. The highest BCUT2D eigenvalue weighted by Crippen LogP contribution is 2.26. The average Bonchev–Trinajstić information content (AvgIpc) is 2.67. The molecule has 0 saturated carbocycles. The van der Waals surface area contributed by atoms with E-state index in [0.717, 1.165) is 11.1 Å². The number of fused-ring (bicyclic) bond motifs is 1. The summed E-state index contributed by atoms with van der Waals surface area (Å²) < 4.78 is 10.2. The van der Waals surface area contributed by atoms with Crippen LogP contribution in [0, 0.1) is 0 Å². The third-order valence-electron chi connectivity index (χ3n) is 4.78. The third kappa shape index (κ3) is 5.24. The predicted molar refractivity (Wildman–Crippen MR) is 105 cm³/mol. The lowest BCUT2D eigenvalue weighted by molar-refractivity contribution is -0.149. The van der Waals surface area contributed by atoms with E-state index in [1.807, 2.05) is 38.1 Å². The molecule has 7 nitrogen and oxygen atoms in total. The lowest BCUT2D eigenvalue weighted by Gasteiger charge is -2.39. The highest BCUT2D eigenvalue weighted by molar-refractivity contribution is 5.85. The Bertz CT molecular complexity index is 704. The summed E-state index contributed by atoms with van der Waals surface area (Å²) in [6.07, 6.45) is 0.539. The number of nitrogens with zero attached hydrogens (tertiary/aromatic N) is 2. The molecule has 28 heavy (non-hydrogen) atoms. The molecule has 7 heteroatoms. The Morgan fingerprint density at radius 2 is 1.75 bits per heavy atom. The van der Waals surface area contributed by atoms with Gasteiger partial charge in [0.15, 0.2) is 0 Å². The van der Waals surface area contributed by atoms with Crippen molar-refractivity contribution in [3.63, 3.8) is 0 Å². The topological polar surface area (TPSA) is 76.2 Å². The summed E-state index contributed by atoms with van der Waals surface area (Å²) in [4.78, 5) is 40.8. The van der Waals surface area contributed by atoms with Gasteiger partial charge in [0.1, 0.15) is 6.04 Å². The minimum absolute atomic E-state index is 0.117. The smallest absolute Gasteiger partial charge is 0.329 e. The summed E-state index contributed by atoms with van der Waals surface area (Å²) in [5.74, 6) is -0.744. The van der Waals surface area contributed by atoms with E-state index >= 15 is 0 Å². The summed E-state index contributed by atoms with van der Waals surface area (Å²) in [5.41, 5.74) is 2.07. The molecule has 154 valence electrons. The molecular formula is C21H30N2O5. The number of amides is 2. The number of urea groups is 1. The Hall–Kier alpha value is -2.57. The minimum atomic E-state index is -0.675. The van der Waals surface area contributed by atoms with Crippen molar-refractivity contribution in [1.82, 2.24) is 9.80 Å². The van der Waals surface area contributed by atoms with E-state index < -0.39 is 12.0 Å². The van der Waals surface area contributed by atoms with Crippen LogP contribution in [0.2, 0.25) is 0 Å². The number of benzene rings is 1. The lowest BCUT2D eigenvalue weighted by atomic mass is 9.94. The summed E-state index contributed by atoms with van der Waals surface area (Å²) in [5, 5.41) is 0. The summed E-state index contributed by atoms with van der Waals surface area (Å²) in [7, 11) is 0. The molecule has 0 N–H and O–H groups in total. The van der Waals surface area contributed by atoms with Gasteiger partial charge >= 0.3 is 18.0 Å². The number of hydrogen-bond acceptors (Lipinski definition) is 5. The van der Waals surface area contributed by atoms with E-state index in [1.165, 1.54) is 0 Å². The van der Waals surface area contributed by atoms with E-state index in [9.17, 15) is 14.4 Å². The van der Waals surface area contributed by atoms with Crippen LogP contribution in [0.15, 0.2) is 24.3 Å². The second kappa shape index (κ2) is 10.1. The molecule has 1 aliphatic rings. The molecule has 2 amide bonds. The van der Waals surface area contributed by atoms with E-state index in [2.05, 4.69) is 0 Å². The number of hydrogen-bond donors (Lipinski definition) is 0. The molecule has 0 spiro atoms. The molecule has 1 aliphatic heterocycles. The van der Waals surface area contributed by atoms with Gasteiger partial charge in [0, 0.05) is 25.6 Å². The molecule has 1 aromatic carbocycles. The predicted octanol–water partition coefficient (Wildman–Crippen LogP) is 2.76. The van der Waals surface area contributed by atoms with Crippen molar-refractivity contribution in [3.8, 4) is 0 Å². The number of carbonyl (C=O) groups excluding carboxylic acids is 3. The number of rotatable bonds is 7. The number of esters is 2. The second-order valence-electron chi connectivity index (χ2n) is 6.99. The van der Waals surface area contributed by atoms with Crippen molar-refractivity contribution in [2.24, 2.45) is 0 Å². The monoisotopic (exact) mass is 390 g/mol. The van der Waals surface area contributed by atoms with E-state index in [4.69, 9.17) is 9.47 Å². The van der Waals surface area contributed by atoms with Crippen molar-refractivity contribution >= 4 is 18.0 Å². The Kier molecular flexibility index (Phi) is 7.84. The van der Waals surface area contributed by atoms with Crippen LogP contribution in [0.3, 0.4) is 0 Å². The van der Waals surface area contributed by atoms with Gasteiger partial charge in [-0.05, 0) is 38.8 Å². The van der Waals surface area contributed by atoms with E-state index in [1.54, 1.807) is 23.6 Å². The fourth-order valence-electron chi connectivity index (χ4n) is 3.36. The van der Waals surface area contributed by atoms with Crippen LogP contribution in [-0.2, 0) is 32.0 Å². The third-order valence-corrected chi connectivity index (χ3v) is 4.78.